The Morgan fingerprint density at radius 2 is 1.93 bits per heavy atom. The van der Waals surface area contributed by atoms with Crippen LogP contribution in [0.5, 0.6) is 0 Å². The second kappa shape index (κ2) is 7.32. The number of nitrogens with one attached hydrogen (secondary N) is 2. The Kier molecular flexibility index (Phi) is 6.74. The molecule has 0 aliphatic carbocycles. The predicted octanol–water partition coefficient (Wildman–Crippen LogP) is -0.479. The largest absolute Gasteiger partial charge is 0.468 e. The van der Waals surface area contributed by atoms with Gasteiger partial charge in [-0.1, -0.05) is 13.8 Å². The van der Waals surface area contributed by atoms with Gasteiger partial charge in [0, 0.05) is 6.54 Å². The summed E-state index contributed by atoms with van der Waals surface area (Å²) in [6, 6.07) is 0. The van der Waals surface area contributed by atoms with Crippen molar-refractivity contribution in [2.24, 2.45) is 5.92 Å². The van der Waals surface area contributed by atoms with Crippen LogP contribution in [-0.2, 0) is 14.3 Å². The Bertz CT molecular complexity index is 192. The van der Waals surface area contributed by atoms with Gasteiger partial charge in [0.05, 0.1) is 20.2 Å². The number of carbonyl (C=O) groups is 2. The molecule has 0 radical (unpaired) electrons. The van der Waals surface area contributed by atoms with Crippen molar-refractivity contribution in [1.82, 2.24) is 10.6 Å². The second-order valence-corrected chi connectivity index (χ2v) is 3.38. The van der Waals surface area contributed by atoms with Gasteiger partial charge in [-0.25, -0.2) is 0 Å². The number of ether oxygens (including phenoxy) is 1. The standard InChI is InChI=1S/C9H18N2O3/c1-7(2)4-11-8(12)5-10-6-9(13)14-3/h7,10H,4-6H2,1-3H3,(H,11,12). The summed E-state index contributed by atoms with van der Waals surface area (Å²) >= 11 is 0. The summed E-state index contributed by atoms with van der Waals surface area (Å²) < 4.78 is 4.40. The van der Waals surface area contributed by atoms with Crippen molar-refractivity contribution in [2.45, 2.75) is 13.8 Å². The molecule has 0 fully saturated rings. The minimum absolute atomic E-state index is 0.0611. The van der Waals surface area contributed by atoms with Gasteiger partial charge in [-0.15, -0.1) is 0 Å². The molecule has 0 heterocycles. The lowest BCUT2D eigenvalue weighted by Gasteiger charge is -2.07. The van der Waals surface area contributed by atoms with Crippen LogP contribution in [0.4, 0.5) is 0 Å². The van der Waals surface area contributed by atoms with Crippen molar-refractivity contribution < 1.29 is 14.3 Å². The topological polar surface area (TPSA) is 67.4 Å². The molecular weight excluding hydrogens is 184 g/mol. The number of carbonyl (C=O) groups excluding carboxylic acids is 2. The third-order valence-electron chi connectivity index (χ3n) is 1.49. The molecule has 0 saturated heterocycles. The molecule has 0 bridgehead atoms. The Labute approximate surface area is 84.2 Å². The fraction of sp³-hybridized carbons (Fsp3) is 0.778. The molecule has 0 unspecified atom stereocenters. The zero-order valence-corrected chi connectivity index (χ0v) is 8.92. The van der Waals surface area contributed by atoms with Gasteiger partial charge < -0.3 is 10.1 Å². The summed E-state index contributed by atoms with van der Waals surface area (Å²) in [5.74, 6) is -0.0520. The number of hydrogen-bond donors (Lipinski definition) is 2. The fourth-order valence-corrected chi connectivity index (χ4v) is 0.731. The number of amides is 1. The third-order valence-corrected chi connectivity index (χ3v) is 1.49. The van der Waals surface area contributed by atoms with E-state index in [0.29, 0.717) is 12.5 Å². The summed E-state index contributed by atoms with van der Waals surface area (Å²) in [6.45, 7) is 4.89. The SMILES string of the molecule is COC(=O)CNCC(=O)NCC(C)C. The normalized spacial score (nSPS) is 10.0. The molecule has 0 aromatic carbocycles. The van der Waals surface area contributed by atoms with Crippen LogP contribution >= 0.6 is 0 Å². The first kappa shape index (κ1) is 12.9. The average Bonchev–Trinajstić information content (AvgIpc) is 2.14. The molecule has 0 atom stereocenters. The maximum atomic E-state index is 11.1. The highest BCUT2D eigenvalue weighted by molar-refractivity contribution is 5.79. The van der Waals surface area contributed by atoms with Crippen LogP contribution in [0, 0.1) is 5.92 Å². The van der Waals surface area contributed by atoms with Gasteiger partial charge in [0.1, 0.15) is 0 Å². The first-order valence-electron chi connectivity index (χ1n) is 4.60. The highest BCUT2D eigenvalue weighted by atomic mass is 16.5. The van der Waals surface area contributed by atoms with Crippen molar-refractivity contribution in [3.63, 3.8) is 0 Å². The number of hydrogen-bond acceptors (Lipinski definition) is 4. The molecule has 0 aromatic rings. The average molecular weight is 202 g/mol. The van der Waals surface area contributed by atoms with E-state index in [4.69, 9.17) is 0 Å². The smallest absolute Gasteiger partial charge is 0.319 e. The minimum atomic E-state index is -0.373. The van der Waals surface area contributed by atoms with Crippen molar-refractivity contribution in [3.05, 3.63) is 0 Å². The van der Waals surface area contributed by atoms with Crippen molar-refractivity contribution in [3.8, 4) is 0 Å². The van der Waals surface area contributed by atoms with E-state index in [1.807, 2.05) is 13.8 Å². The van der Waals surface area contributed by atoms with Crippen molar-refractivity contribution in [2.75, 3.05) is 26.7 Å². The van der Waals surface area contributed by atoms with Gasteiger partial charge in [-0.05, 0) is 5.92 Å². The van der Waals surface area contributed by atoms with E-state index in [1.165, 1.54) is 7.11 Å². The summed E-state index contributed by atoms with van der Waals surface area (Å²) in [6.07, 6.45) is 0. The van der Waals surface area contributed by atoms with E-state index in [1.54, 1.807) is 0 Å². The third kappa shape index (κ3) is 7.54. The molecule has 0 aromatic heterocycles. The molecule has 0 saturated carbocycles. The monoisotopic (exact) mass is 202 g/mol. The number of esters is 1. The van der Waals surface area contributed by atoms with Gasteiger partial charge in [0.2, 0.25) is 5.91 Å². The van der Waals surface area contributed by atoms with Gasteiger partial charge in [-0.3, -0.25) is 14.9 Å². The molecule has 0 aliphatic heterocycles. The van der Waals surface area contributed by atoms with Crippen LogP contribution in [0.1, 0.15) is 13.8 Å². The molecule has 14 heavy (non-hydrogen) atoms. The van der Waals surface area contributed by atoms with E-state index >= 15 is 0 Å². The van der Waals surface area contributed by atoms with Crippen molar-refractivity contribution >= 4 is 11.9 Å². The van der Waals surface area contributed by atoms with Crippen LogP contribution in [-0.4, -0.2) is 38.6 Å². The molecule has 5 heteroatoms. The quantitative estimate of drug-likeness (QED) is 0.571. The van der Waals surface area contributed by atoms with Gasteiger partial charge in [0.25, 0.3) is 0 Å². The Morgan fingerprint density at radius 3 is 2.43 bits per heavy atom. The van der Waals surface area contributed by atoms with Crippen molar-refractivity contribution in [1.29, 1.82) is 0 Å². The molecule has 0 spiro atoms. The Hall–Kier alpha value is -1.10. The van der Waals surface area contributed by atoms with E-state index in [2.05, 4.69) is 15.4 Å². The molecule has 0 rings (SSSR count). The first-order chi connectivity index (χ1) is 6.56. The van der Waals surface area contributed by atoms with Crippen LogP contribution in [0.2, 0.25) is 0 Å². The van der Waals surface area contributed by atoms with Gasteiger partial charge >= 0.3 is 5.97 Å². The lowest BCUT2D eigenvalue weighted by molar-refractivity contribution is -0.139. The lowest BCUT2D eigenvalue weighted by Crippen LogP contribution is -2.37. The molecular formula is C9H18N2O3. The van der Waals surface area contributed by atoms with Gasteiger partial charge in [0.15, 0.2) is 0 Å². The second-order valence-electron chi connectivity index (χ2n) is 3.38. The fourth-order valence-electron chi connectivity index (χ4n) is 0.731. The summed E-state index contributed by atoms with van der Waals surface area (Å²) in [7, 11) is 1.31. The summed E-state index contributed by atoms with van der Waals surface area (Å²) in [5, 5.41) is 5.39. The molecule has 0 aliphatic rings. The summed E-state index contributed by atoms with van der Waals surface area (Å²) in [4.78, 5) is 21.7. The Balaban J connectivity index is 3.40. The Morgan fingerprint density at radius 1 is 1.29 bits per heavy atom. The van der Waals surface area contributed by atoms with Crippen LogP contribution in [0.15, 0.2) is 0 Å². The molecule has 1 amide bonds. The maximum absolute atomic E-state index is 11.1. The van der Waals surface area contributed by atoms with E-state index < -0.39 is 0 Å². The first-order valence-corrected chi connectivity index (χ1v) is 4.60. The minimum Gasteiger partial charge on any atom is -0.468 e. The van der Waals surface area contributed by atoms with Gasteiger partial charge in [-0.2, -0.15) is 0 Å². The van der Waals surface area contributed by atoms with Crippen LogP contribution in [0.3, 0.4) is 0 Å². The zero-order valence-electron chi connectivity index (χ0n) is 8.92. The maximum Gasteiger partial charge on any atom is 0.319 e. The highest BCUT2D eigenvalue weighted by Gasteiger charge is 2.03. The number of methoxy groups -OCH3 is 1. The van der Waals surface area contributed by atoms with E-state index in [9.17, 15) is 9.59 Å². The molecule has 2 N–H and O–H groups in total. The highest BCUT2D eigenvalue weighted by Crippen LogP contribution is 1.86. The lowest BCUT2D eigenvalue weighted by atomic mass is 10.2. The van der Waals surface area contributed by atoms with E-state index in [0.717, 1.165) is 0 Å². The van der Waals surface area contributed by atoms with E-state index in [-0.39, 0.29) is 25.0 Å². The zero-order chi connectivity index (χ0) is 11.0. The predicted molar refractivity (Wildman–Crippen MR) is 52.7 cm³/mol. The molecule has 5 nitrogen and oxygen atoms in total. The summed E-state index contributed by atoms with van der Waals surface area (Å²) in [5.41, 5.74) is 0. The van der Waals surface area contributed by atoms with Crippen LogP contribution in [0.25, 0.3) is 0 Å². The van der Waals surface area contributed by atoms with Crippen LogP contribution < -0.4 is 10.6 Å². The molecule has 82 valence electrons. The number of rotatable bonds is 6.